The van der Waals surface area contributed by atoms with Crippen molar-refractivity contribution in [3.05, 3.63) is 66.3 Å². The van der Waals surface area contributed by atoms with Gasteiger partial charge in [-0.2, -0.15) is 0 Å². The van der Waals surface area contributed by atoms with Crippen LogP contribution in [0.3, 0.4) is 0 Å². The predicted molar refractivity (Wildman–Crippen MR) is 87.6 cm³/mol. The minimum atomic E-state index is 0.232. The van der Waals surface area contributed by atoms with E-state index in [4.69, 9.17) is 4.42 Å². The molecule has 0 fully saturated rings. The molecule has 3 rings (SSSR count). The van der Waals surface area contributed by atoms with E-state index in [0.717, 1.165) is 30.9 Å². The summed E-state index contributed by atoms with van der Waals surface area (Å²) in [5, 5.41) is 9.34. The predicted octanol–water partition coefficient (Wildman–Crippen LogP) is 3.46. The zero-order valence-electron chi connectivity index (χ0n) is 13.0. The maximum Gasteiger partial charge on any atom is 0.226 e. The van der Waals surface area contributed by atoms with Crippen LogP contribution in [0.15, 0.2) is 59.5 Å². The zero-order chi connectivity index (χ0) is 16.1. The molecule has 0 amide bonds. The Hall–Kier alpha value is -2.66. The lowest BCUT2D eigenvalue weighted by atomic mass is 10.2. The fourth-order valence-corrected chi connectivity index (χ4v) is 2.37. The Bertz CT molecular complexity index is 738. The van der Waals surface area contributed by atoms with Crippen molar-refractivity contribution in [2.24, 2.45) is 0 Å². The first-order valence-corrected chi connectivity index (χ1v) is 7.59. The summed E-state index contributed by atoms with van der Waals surface area (Å²) in [6.07, 6.45) is 5.31. The first-order chi connectivity index (χ1) is 11.2. The van der Waals surface area contributed by atoms with Gasteiger partial charge in [-0.05, 0) is 48.5 Å². The van der Waals surface area contributed by atoms with Crippen molar-refractivity contribution in [1.29, 1.82) is 0 Å². The van der Waals surface area contributed by atoms with Crippen molar-refractivity contribution in [1.82, 2.24) is 14.9 Å². The molecule has 2 heterocycles. The van der Waals surface area contributed by atoms with Gasteiger partial charge in [0.1, 0.15) is 12.0 Å². The number of oxazole rings is 1. The molecule has 0 aliphatic heterocycles. The molecule has 2 aromatic heterocycles. The summed E-state index contributed by atoms with van der Waals surface area (Å²) in [5.74, 6) is 0.801. The second kappa shape index (κ2) is 7.07. The number of benzene rings is 1. The normalized spacial score (nSPS) is 11.0. The third kappa shape index (κ3) is 3.96. The van der Waals surface area contributed by atoms with Gasteiger partial charge in [-0.3, -0.25) is 9.88 Å². The molecule has 0 unspecified atom stereocenters. The van der Waals surface area contributed by atoms with Crippen molar-refractivity contribution >= 4 is 0 Å². The Labute approximate surface area is 135 Å². The van der Waals surface area contributed by atoms with Gasteiger partial charge < -0.3 is 9.52 Å². The first-order valence-electron chi connectivity index (χ1n) is 7.59. The number of aromatic nitrogens is 2. The second-order valence-corrected chi connectivity index (χ2v) is 5.35. The van der Waals surface area contributed by atoms with Crippen LogP contribution in [-0.4, -0.2) is 26.5 Å². The minimum absolute atomic E-state index is 0.232. The lowest BCUT2D eigenvalue weighted by molar-refractivity contribution is 0.268. The van der Waals surface area contributed by atoms with Crippen LogP contribution in [0.2, 0.25) is 0 Å². The van der Waals surface area contributed by atoms with Crippen molar-refractivity contribution in [2.75, 3.05) is 6.54 Å². The Morgan fingerprint density at radius 2 is 1.78 bits per heavy atom. The Balaban J connectivity index is 1.68. The van der Waals surface area contributed by atoms with Gasteiger partial charge in [0.25, 0.3) is 0 Å². The number of hydrogen-bond acceptors (Lipinski definition) is 5. The number of rotatable bonds is 6. The van der Waals surface area contributed by atoms with Crippen LogP contribution in [0.1, 0.15) is 18.2 Å². The van der Waals surface area contributed by atoms with Crippen LogP contribution in [0.4, 0.5) is 0 Å². The lowest BCUT2D eigenvalue weighted by Gasteiger charge is -2.18. The summed E-state index contributed by atoms with van der Waals surface area (Å²) in [7, 11) is 0. The van der Waals surface area contributed by atoms with Gasteiger partial charge >= 0.3 is 0 Å². The molecule has 0 atom stereocenters. The van der Waals surface area contributed by atoms with Crippen LogP contribution in [0, 0.1) is 0 Å². The lowest BCUT2D eigenvalue weighted by Crippen LogP contribution is -2.22. The molecule has 0 saturated heterocycles. The largest absolute Gasteiger partial charge is 0.508 e. The average Bonchev–Trinajstić information content (AvgIpc) is 3.04. The molecule has 118 valence electrons. The maximum atomic E-state index is 9.34. The number of pyridine rings is 1. The minimum Gasteiger partial charge on any atom is -0.508 e. The molecule has 1 aromatic carbocycles. The van der Waals surface area contributed by atoms with E-state index in [1.807, 2.05) is 24.5 Å². The van der Waals surface area contributed by atoms with E-state index in [9.17, 15) is 5.11 Å². The number of phenols is 1. The molecule has 0 aliphatic carbocycles. The van der Waals surface area contributed by atoms with Crippen LogP contribution in [0.5, 0.6) is 5.75 Å². The highest BCUT2D eigenvalue weighted by atomic mass is 16.3. The number of phenolic OH excluding ortho intramolecular Hbond substituents is 1. The van der Waals surface area contributed by atoms with Crippen molar-refractivity contribution in [3.63, 3.8) is 0 Å². The second-order valence-electron chi connectivity index (χ2n) is 5.35. The first kappa shape index (κ1) is 15.2. The van der Waals surface area contributed by atoms with Crippen molar-refractivity contribution in [2.45, 2.75) is 20.0 Å². The smallest absolute Gasteiger partial charge is 0.226 e. The molecular formula is C18H19N3O2. The fourth-order valence-electron chi connectivity index (χ4n) is 2.37. The van der Waals surface area contributed by atoms with E-state index < -0.39 is 0 Å². The standard InChI is InChI=1S/C18H19N3O2/c1-2-21(11-14-7-9-19-10-8-14)12-16-13-23-18(20-16)15-3-5-17(22)6-4-15/h3-10,13,22H,2,11-12H2,1H3. The van der Waals surface area contributed by atoms with E-state index in [1.54, 1.807) is 30.5 Å². The summed E-state index contributed by atoms with van der Waals surface area (Å²) in [5.41, 5.74) is 2.97. The van der Waals surface area contributed by atoms with Crippen molar-refractivity contribution in [3.8, 4) is 17.2 Å². The summed E-state index contributed by atoms with van der Waals surface area (Å²) in [4.78, 5) is 10.9. The zero-order valence-corrected chi connectivity index (χ0v) is 13.0. The Morgan fingerprint density at radius 1 is 1.04 bits per heavy atom. The molecule has 1 N–H and O–H groups in total. The summed E-state index contributed by atoms with van der Waals surface area (Å²) in [6.45, 7) is 4.62. The molecule has 0 radical (unpaired) electrons. The third-order valence-corrected chi connectivity index (χ3v) is 3.65. The molecule has 5 nitrogen and oxygen atoms in total. The molecule has 23 heavy (non-hydrogen) atoms. The van der Waals surface area contributed by atoms with Gasteiger partial charge in [0.2, 0.25) is 5.89 Å². The SMILES string of the molecule is CCN(Cc1ccncc1)Cc1coc(-c2ccc(O)cc2)n1. The van der Waals surface area contributed by atoms with Gasteiger partial charge in [-0.1, -0.05) is 6.92 Å². The summed E-state index contributed by atoms with van der Waals surface area (Å²) < 4.78 is 5.56. The van der Waals surface area contributed by atoms with Gasteiger partial charge in [0, 0.05) is 31.0 Å². The van der Waals surface area contributed by atoms with E-state index in [2.05, 4.69) is 21.8 Å². The average molecular weight is 309 g/mol. The summed E-state index contributed by atoms with van der Waals surface area (Å²) >= 11 is 0. The highest BCUT2D eigenvalue weighted by Gasteiger charge is 2.11. The maximum absolute atomic E-state index is 9.34. The van der Waals surface area contributed by atoms with Crippen LogP contribution in [0.25, 0.3) is 11.5 Å². The third-order valence-electron chi connectivity index (χ3n) is 3.65. The van der Waals surface area contributed by atoms with E-state index in [-0.39, 0.29) is 5.75 Å². The van der Waals surface area contributed by atoms with Crippen LogP contribution < -0.4 is 0 Å². The van der Waals surface area contributed by atoms with E-state index in [1.165, 1.54) is 5.56 Å². The highest BCUT2D eigenvalue weighted by Crippen LogP contribution is 2.21. The van der Waals surface area contributed by atoms with Gasteiger partial charge in [0.15, 0.2) is 0 Å². The number of aromatic hydroxyl groups is 1. The van der Waals surface area contributed by atoms with Crippen LogP contribution >= 0.6 is 0 Å². The Morgan fingerprint density at radius 3 is 2.48 bits per heavy atom. The van der Waals surface area contributed by atoms with Gasteiger partial charge in [-0.15, -0.1) is 0 Å². The van der Waals surface area contributed by atoms with E-state index in [0.29, 0.717) is 5.89 Å². The molecule has 0 saturated carbocycles. The fraction of sp³-hybridized carbons (Fsp3) is 0.222. The molecule has 3 aromatic rings. The van der Waals surface area contributed by atoms with Gasteiger partial charge in [-0.25, -0.2) is 4.98 Å². The quantitative estimate of drug-likeness (QED) is 0.755. The molecule has 0 bridgehead atoms. The molecule has 5 heteroatoms. The highest BCUT2D eigenvalue weighted by molar-refractivity contribution is 5.54. The number of hydrogen-bond donors (Lipinski definition) is 1. The molecule has 0 spiro atoms. The Kier molecular flexibility index (Phi) is 4.68. The van der Waals surface area contributed by atoms with Crippen LogP contribution in [-0.2, 0) is 13.1 Å². The van der Waals surface area contributed by atoms with Gasteiger partial charge in [0.05, 0.1) is 5.69 Å². The van der Waals surface area contributed by atoms with E-state index >= 15 is 0 Å². The molecule has 0 aliphatic rings. The summed E-state index contributed by atoms with van der Waals surface area (Å²) in [6, 6.07) is 10.9. The monoisotopic (exact) mass is 309 g/mol. The van der Waals surface area contributed by atoms with Crippen molar-refractivity contribution < 1.29 is 9.52 Å². The molecular weight excluding hydrogens is 290 g/mol. The number of nitrogens with zero attached hydrogens (tertiary/aromatic N) is 3. The topological polar surface area (TPSA) is 62.4 Å².